The van der Waals surface area contributed by atoms with E-state index in [0.29, 0.717) is 18.2 Å². The predicted octanol–water partition coefficient (Wildman–Crippen LogP) is 2.56. The number of carbonyl (C=O) groups is 1. The van der Waals surface area contributed by atoms with Gasteiger partial charge in [0.25, 0.3) is 5.91 Å². The number of amides is 1. The number of rotatable bonds is 5. The third kappa shape index (κ3) is 4.30. The summed E-state index contributed by atoms with van der Waals surface area (Å²) in [5.41, 5.74) is 8.03. The average molecular weight is 371 g/mol. The van der Waals surface area contributed by atoms with E-state index in [1.54, 1.807) is 4.68 Å². The smallest absolute Gasteiger partial charge is 0.276 e. The van der Waals surface area contributed by atoms with Gasteiger partial charge in [-0.05, 0) is 70.7 Å². The summed E-state index contributed by atoms with van der Waals surface area (Å²) >= 11 is 0. The summed E-state index contributed by atoms with van der Waals surface area (Å²) in [5, 5.41) is 8.37. The SMILES string of the molecule is Cc1c(C(=O)N2CCCC(C(C)N)C2)nnn1-c1ccc(OC(C)C)cc1. The van der Waals surface area contributed by atoms with Crippen LogP contribution in [0, 0.1) is 12.8 Å². The highest BCUT2D eigenvalue weighted by molar-refractivity contribution is 5.93. The maximum atomic E-state index is 13.0. The van der Waals surface area contributed by atoms with Crippen molar-refractivity contribution in [2.24, 2.45) is 11.7 Å². The maximum Gasteiger partial charge on any atom is 0.276 e. The number of hydrogen-bond acceptors (Lipinski definition) is 5. The van der Waals surface area contributed by atoms with Crippen molar-refractivity contribution in [1.29, 1.82) is 0 Å². The number of nitrogens with zero attached hydrogens (tertiary/aromatic N) is 4. The van der Waals surface area contributed by atoms with Gasteiger partial charge in [-0.25, -0.2) is 4.68 Å². The zero-order chi connectivity index (χ0) is 19.6. The second kappa shape index (κ2) is 8.08. The molecule has 7 heteroatoms. The Hall–Kier alpha value is -2.41. The van der Waals surface area contributed by atoms with Crippen LogP contribution in [-0.4, -0.2) is 51.0 Å². The van der Waals surface area contributed by atoms with Crippen LogP contribution in [0.1, 0.15) is 49.8 Å². The first-order chi connectivity index (χ1) is 12.9. The molecule has 1 aliphatic rings. The second-order valence-electron chi connectivity index (χ2n) is 7.61. The molecule has 1 aromatic heterocycles. The van der Waals surface area contributed by atoms with E-state index in [2.05, 4.69) is 10.3 Å². The minimum Gasteiger partial charge on any atom is -0.491 e. The van der Waals surface area contributed by atoms with Gasteiger partial charge in [0, 0.05) is 19.1 Å². The summed E-state index contributed by atoms with van der Waals surface area (Å²) in [6.07, 6.45) is 2.16. The lowest BCUT2D eigenvalue weighted by Gasteiger charge is -2.34. The fourth-order valence-electron chi connectivity index (χ4n) is 3.48. The molecule has 2 atom stereocenters. The van der Waals surface area contributed by atoms with Crippen LogP contribution in [0.4, 0.5) is 0 Å². The zero-order valence-corrected chi connectivity index (χ0v) is 16.6. The molecular formula is C20H29N5O2. The Morgan fingerprint density at radius 1 is 1.26 bits per heavy atom. The molecule has 0 saturated carbocycles. The Morgan fingerprint density at radius 3 is 2.59 bits per heavy atom. The number of hydrogen-bond donors (Lipinski definition) is 1. The summed E-state index contributed by atoms with van der Waals surface area (Å²) in [6.45, 7) is 9.29. The Morgan fingerprint density at radius 2 is 1.96 bits per heavy atom. The fraction of sp³-hybridized carbons (Fsp3) is 0.550. The van der Waals surface area contributed by atoms with Gasteiger partial charge in [-0.1, -0.05) is 5.21 Å². The minimum atomic E-state index is -0.0659. The molecule has 1 fully saturated rings. The third-order valence-corrected chi connectivity index (χ3v) is 5.04. The highest BCUT2D eigenvalue weighted by Gasteiger charge is 2.29. The van der Waals surface area contributed by atoms with E-state index in [1.807, 2.05) is 56.9 Å². The van der Waals surface area contributed by atoms with Crippen molar-refractivity contribution in [2.75, 3.05) is 13.1 Å². The van der Waals surface area contributed by atoms with Crippen molar-refractivity contribution in [2.45, 2.75) is 52.7 Å². The van der Waals surface area contributed by atoms with Crippen LogP contribution in [-0.2, 0) is 0 Å². The Bertz CT molecular complexity index is 782. The summed E-state index contributed by atoms with van der Waals surface area (Å²) in [5.74, 6) is 1.08. The first-order valence-corrected chi connectivity index (χ1v) is 9.61. The molecule has 1 aromatic carbocycles. The number of benzene rings is 1. The van der Waals surface area contributed by atoms with Crippen LogP contribution >= 0.6 is 0 Å². The second-order valence-corrected chi connectivity index (χ2v) is 7.61. The Balaban J connectivity index is 1.77. The van der Waals surface area contributed by atoms with Gasteiger partial charge in [-0.2, -0.15) is 0 Å². The van der Waals surface area contributed by atoms with Gasteiger partial charge >= 0.3 is 0 Å². The molecule has 0 spiro atoms. The van der Waals surface area contributed by atoms with Crippen LogP contribution in [0.2, 0.25) is 0 Å². The van der Waals surface area contributed by atoms with Gasteiger partial charge in [0.05, 0.1) is 17.5 Å². The molecule has 27 heavy (non-hydrogen) atoms. The van der Waals surface area contributed by atoms with E-state index in [-0.39, 0.29) is 18.1 Å². The number of nitrogens with two attached hydrogens (primary N) is 1. The minimum absolute atomic E-state index is 0.0659. The molecule has 1 aliphatic heterocycles. The molecule has 0 bridgehead atoms. The molecule has 3 rings (SSSR count). The molecular weight excluding hydrogens is 342 g/mol. The monoisotopic (exact) mass is 371 g/mol. The summed E-state index contributed by atoms with van der Waals surface area (Å²) in [6, 6.07) is 7.72. The molecule has 2 N–H and O–H groups in total. The zero-order valence-electron chi connectivity index (χ0n) is 16.6. The third-order valence-electron chi connectivity index (χ3n) is 5.04. The average Bonchev–Trinajstić information content (AvgIpc) is 3.03. The van der Waals surface area contributed by atoms with Gasteiger partial charge in [0.15, 0.2) is 5.69 Å². The lowest BCUT2D eigenvalue weighted by atomic mass is 9.92. The maximum absolute atomic E-state index is 13.0. The Kier molecular flexibility index (Phi) is 5.79. The number of carbonyl (C=O) groups excluding carboxylic acids is 1. The lowest BCUT2D eigenvalue weighted by molar-refractivity contribution is 0.0654. The topological polar surface area (TPSA) is 86.3 Å². The highest BCUT2D eigenvalue weighted by Crippen LogP contribution is 2.22. The van der Waals surface area contributed by atoms with Crippen LogP contribution < -0.4 is 10.5 Å². The lowest BCUT2D eigenvalue weighted by Crippen LogP contribution is -2.45. The van der Waals surface area contributed by atoms with Crippen molar-refractivity contribution in [1.82, 2.24) is 19.9 Å². The molecule has 0 radical (unpaired) electrons. The van der Waals surface area contributed by atoms with Crippen LogP contribution in [0.5, 0.6) is 5.75 Å². The molecule has 1 saturated heterocycles. The van der Waals surface area contributed by atoms with Crippen LogP contribution in [0.25, 0.3) is 5.69 Å². The molecule has 0 aliphatic carbocycles. The Labute approximate surface area is 160 Å². The van der Waals surface area contributed by atoms with Crippen LogP contribution in [0.3, 0.4) is 0 Å². The van der Waals surface area contributed by atoms with Crippen LogP contribution in [0.15, 0.2) is 24.3 Å². The molecule has 7 nitrogen and oxygen atoms in total. The summed E-state index contributed by atoms with van der Waals surface area (Å²) < 4.78 is 7.36. The van der Waals surface area contributed by atoms with E-state index in [1.165, 1.54) is 0 Å². The summed E-state index contributed by atoms with van der Waals surface area (Å²) in [7, 11) is 0. The molecule has 2 aromatic rings. The van der Waals surface area contributed by atoms with Crippen molar-refractivity contribution in [3.05, 3.63) is 35.7 Å². The number of aromatic nitrogens is 3. The van der Waals surface area contributed by atoms with Gasteiger partial charge < -0.3 is 15.4 Å². The standard InChI is InChI=1S/C20H29N5O2/c1-13(2)27-18-9-7-17(8-10-18)25-15(4)19(22-23-25)20(26)24-11-5-6-16(12-24)14(3)21/h7-10,13-14,16H,5-6,11-12,21H2,1-4H3. The number of likely N-dealkylation sites (tertiary alicyclic amines) is 1. The van der Waals surface area contributed by atoms with E-state index < -0.39 is 0 Å². The van der Waals surface area contributed by atoms with Crippen molar-refractivity contribution in [3.63, 3.8) is 0 Å². The van der Waals surface area contributed by atoms with E-state index in [9.17, 15) is 4.79 Å². The fourth-order valence-corrected chi connectivity index (χ4v) is 3.48. The van der Waals surface area contributed by atoms with Gasteiger partial charge in [0.2, 0.25) is 0 Å². The summed E-state index contributed by atoms with van der Waals surface area (Å²) in [4.78, 5) is 14.8. The molecule has 2 heterocycles. The normalized spacial score (nSPS) is 18.6. The van der Waals surface area contributed by atoms with E-state index in [0.717, 1.165) is 36.5 Å². The molecule has 146 valence electrons. The molecule has 1 amide bonds. The van der Waals surface area contributed by atoms with Gasteiger partial charge in [0.1, 0.15) is 5.75 Å². The first-order valence-electron chi connectivity index (χ1n) is 9.61. The van der Waals surface area contributed by atoms with E-state index in [4.69, 9.17) is 10.5 Å². The quantitative estimate of drug-likeness (QED) is 0.873. The largest absolute Gasteiger partial charge is 0.491 e. The van der Waals surface area contributed by atoms with Crippen molar-refractivity contribution < 1.29 is 9.53 Å². The van der Waals surface area contributed by atoms with Gasteiger partial charge in [-0.15, -0.1) is 5.10 Å². The van der Waals surface area contributed by atoms with Crippen molar-refractivity contribution >= 4 is 5.91 Å². The number of ether oxygens (including phenoxy) is 1. The number of piperidine rings is 1. The highest BCUT2D eigenvalue weighted by atomic mass is 16.5. The first kappa shape index (κ1) is 19.4. The molecule has 2 unspecified atom stereocenters. The van der Waals surface area contributed by atoms with E-state index >= 15 is 0 Å². The van der Waals surface area contributed by atoms with Crippen molar-refractivity contribution in [3.8, 4) is 11.4 Å². The predicted molar refractivity (Wildman–Crippen MR) is 104 cm³/mol. The van der Waals surface area contributed by atoms with Gasteiger partial charge in [-0.3, -0.25) is 4.79 Å².